The van der Waals surface area contributed by atoms with Crippen LogP contribution in [0.25, 0.3) is 0 Å². The Morgan fingerprint density at radius 3 is 3.00 bits per heavy atom. The molecule has 0 spiro atoms. The highest BCUT2D eigenvalue weighted by molar-refractivity contribution is 7.09. The summed E-state index contributed by atoms with van der Waals surface area (Å²) in [6.07, 6.45) is 1.39. The summed E-state index contributed by atoms with van der Waals surface area (Å²) in [5.74, 6) is 1.36. The fraction of sp³-hybridized carbons (Fsp3) is 0.333. The van der Waals surface area contributed by atoms with Gasteiger partial charge in [0.05, 0.1) is 0 Å². The number of hydrogen-bond donors (Lipinski definition) is 1. The number of rotatable bonds is 4. The van der Waals surface area contributed by atoms with Crippen molar-refractivity contribution < 1.29 is 4.52 Å². The Bertz CT molecular complexity index is 388. The van der Waals surface area contributed by atoms with Crippen molar-refractivity contribution in [2.45, 2.75) is 12.8 Å². The normalized spacial score (nSPS) is 9.93. The van der Waals surface area contributed by atoms with Gasteiger partial charge in [-0.05, 0) is 11.4 Å². The Kier molecular flexibility index (Phi) is 4.74. The molecule has 2 N–H and O–H groups in total. The maximum absolute atomic E-state index is 5.38. The van der Waals surface area contributed by atoms with Gasteiger partial charge in [-0.2, -0.15) is 4.98 Å². The molecule has 2 heterocycles. The van der Waals surface area contributed by atoms with Crippen molar-refractivity contribution in [3.05, 3.63) is 34.1 Å². The average Bonchev–Trinajstić information content (AvgIpc) is 2.79. The number of aromatic nitrogens is 2. The quantitative estimate of drug-likeness (QED) is 0.890. The number of thiophene rings is 1. The summed E-state index contributed by atoms with van der Waals surface area (Å²) in [5, 5.41) is 5.91. The lowest BCUT2D eigenvalue weighted by Crippen LogP contribution is -2.02. The fourth-order valence-electron chi connectivity index (χ4n) is 1.16. The Morgan fingerprint density at radius 1 is 1.47 bits per heavy atom. The van der Waals surface area contributed by atoms with Gasteiger partial charge in [0.25, 0.3) is 0 Å². The number of nitrogens with zero attached hydrogens (tertiary/aromatic N) is 2. The molecule has 4 nitrogen and oxygen atoms in total. The molecule has 0 aliphatic heterocycles. The number of nitrogens with two attached hydrogens (primary N) is 1. The molecule has 0 saturated carbocycles. The van der Waals surface area contributed by atoms with Gasteiger partial charge in [0, 0.05) is 24.3 Å². The highest BCUT2D eigenvalue weighted by atomic mass is 35.5. The molecule has 0 bridgehead atoms. The van der Waals surface area contributed by atoms with Crippen molar-refractivity contribution in [2.24, 2.45) is 5.73 Å². The van der Waals surface area contributed by atoms with E-state index in [4.69, 9.17) is 10.3 Å². The van der Waals surface area contributed by atoms with Gasteiger partial charge >= 0.3 is 0 Å². The van der Waals surface area contributed by atoms with Crippen LogP contribution in [0, 0.1) is 0 Å². The zero-order chi connectivity index (χ0) is 9.80. The Balaban J connectivity index is 0.00000112. The molecule has 2 aromatic rings. The fourth-order valence-corrected chi connectivity index (χ4v) is 1.86. The minimum Gasteiger partial charge on any atom is -0.339 e. The summed E-state index contributed by atoms with van der Waals surface area (Å²) in [6.45, 7) is 0.542. The molecule has 2 rings (SSSR count). The summed E-state index contributed by atoms with van der Waals surface area (Å²) < 4.78 is 5.02. The van der Waals surface area contributed by atoms with E-state index in [1.165, 1.54) is 4.88 Å². The molecule has 82 valence electrons. The molecule has 6 heteroatoms. The third kappa shape index (κ3) is 3.30. The van der Waals surface area contributed by atoms with Gasteiger partial charge in [-0.3, -0.25) is 0 Å². The van der Waals surface area contributed by atoms with Crippen LogP contribution in [0.4, 0.5) is 0 Å². The average molecular weight is 246 g/mol. The first kappa shape index (κ1) is 12.2. The van der Waals surface area contributed by atoms with Crippen molar-refractivity contribution in [1.82, 2.24) is 10.1 Å². The number of hydrogen-bond acceptors (Lipinski definition) is 5. The first-order chi connectivity index (χ1) is 6.88. The van der Waals surface area contributed by atoms with Gasteiger partial charge in [0.15, 0.2) is 5.82 Å². The standard InChI is InChI=1S/C9H11N3OS.ClH/c10-4-3-9-11-8(12-13-9)6-7-2-1-5-14-7;/h1-2,5H,3-4,6,10H2;1H. The van der Waals surface area contributed by atoms with Gasteiger partial charge in [-0.25, -0.2) is 0 Å². The minimum atomic E-state index is 0. The maximum atomic E-state index is 5.38. The highest BCUT2D eigenvalue weighted by Crippen LogP contribution is 2.12. The van der Waals surface area contributed by atoms with Crippen molar-refractivity contribution in [1.29, 1.82) is 0 Å². The van der Waals surface area contributed by atoms with E-state index >= 15 is 0 Å². The van der Waals surface area contributed by atoms with E-state index in [0.29, 0.717) is 18.9 Å². The van der Waals surface area contributed by atoms with Crippen LogP contribution < -0.4 is 5.73 Å². The van der Waals surface area contributed by atoms with Crippen LogP contribution in [0.5, 0.6) is 0 Å². The topological polar surface area (TPSA) is 64.9 Å². The lowest BCUT2D eigenvalue weighted by Gasteiger charge is -1.87. The van der Waals surface area contributed by atoms with Crippen molar-refractivity contribution in [3.8, 4) is 0 Å². The van der Waals surface area contributed by atoms with Crippen molar-refractivity contribution in [3.63, 3.8) is 0 Å². The molecule has 0 unspecified atom stereocenters. The third-order valence-electron chi connectivity index (χ3n) is 1.78. The third-order valence-corrected chi connectivity index (χ3v) is 2.66. The summed E-state index contributed by atoms with van der Waals surface area (Å²) in [5.41, 5.74) is 5.38. The van der Waals surface area contributed by atoms with Crippen LogP contribution in [0.3, 0.4) is 0 Å². The zero-order valence-electron chi connectivity index (χ0n) is 8.05. The van der Waals surface area contributed by atoms with Crippen LogP contribution in [0.1, 0.15) is 16.6 Å². The molecule has 15 heavy (non-hydrogen) atoms. The van der Waals surface area contributed by atoms with Crippen LogP contribution in [-0.4, -0.2) is 16.7 Å². The summed E-state index contributed by atoms with van der Waals surface area (Å²) in [4.78, 5) is 5.46. The highest BCUT2D eigenvalue weighted by Gasteiger charge is 2.06. The van der Waals surface area contributed by atoms with Gasteiger partial charge in [0.1, 0.15) is 0 Å². The predicted octanol–water partition coefficient (Wildman–Crippen LogP) is 1.64. The van der Waals surface area contributed by atoms with Crippen LogP contribution in [-0.2, 0) is 12.8 Å². The second-order valence-electron chi connectivity index (χ2n) is 2.90. The zero-order valence-corrected chi connectivity index (χ0v) is 9.68. The molecule has 0 radical (unpaired) electrons. The molecule has 0 saturated heterocycles. The molecule has 0 aliphatic rings. The molecular weight excluding hydrogens is 234 g/mol. The summed E-state index contributed by atoms with van der Waals surface area (Å²) in [7, 11) is 0. The van der Waals surface area contributed by atoms with Gasteiger partial charge in [0.2, 0.25) is 5.89 Å². The first-order valence-electron chi connectivity index (χ1n) is 4.42. The Morgan fingerprint density at radius 2 is 2.33 bits per heavy atom. The predicted molar refractivity (Wildman–Crippen MR) is 61.4 cm³/mol. The van der Waals surface area contributed by atoms with E-state index in [2.05, 4.69) is 16.2 Å². The Labute approximate surface area is 97.9 Å². The molecular formula is C9H12ClN3OS. The molecule has 0 aromatic carbocycles. The lowest BCUT2D eigenvalue weighted by atomic mass is 10.3. The summed E-state index contributed by atoms with van der Waals surface area (Å²) in [6, 6.07) is 4.07. The Hall–Kier alpha value is -0.910. The molecule has 0 atom stereocenters. The van der Waals surface area contributed by atoms with Gasteiger partial charge < -0.3 is 10.3 Å². The minimum absolute atomic E-state index is 0. The van der Waals surface area contributed by atoms with E-state index < -0.39 is 0 Å². The second-order valence-corrected chi connectivity index (χ2v) is 3.93. The van der Waals surface area contributed by atoms with E-state index in [1.54, 1.807) is 11.3 Å². The van der Waals surface area contributed by atoms with Gasteiger partial charge in [-0.1, -0.05) is 11.2 Å². The van der Waals surface area contributed by atoms with Crippen molar-refractivity contribution >= 4 is 23.7 Å². The SMILES string of the molecule is Cl.NCCc1nc(Cc2cccs2)no1. The molecule has 0 fully saturated rings. The number of halogens is 1. The molecule has 2 aromatic heterocycles. The van der Waals surface area contributed by atoms with E-state index in [9.17, 15) is 0 Å². The van der Waals surface area contributed by atoms with E-state index in [0.717, 1.165) is 12.2 Å². The molecule has 0 amide bonds. The largest absolute Gasteiger partial charge is 0.339 e. The van der Waals surface area contributed by atoms with Gasteiger partial charge in [-0.15, -0.1) is 23.7 Å². The smallest absolute Gasteiger partial charge is 0.227 e. The first-order valence-corrected chi connectivity index (χ1v) is 5.30. The monoisotopic (exact) mass is 245 g/mol. The summed E-state index contributed by atoms with van der Waals surface area (Å²) >= 11 is 1.69. The van der Waals surface area contributed by atoms with E-state index in [-0.39, 0.29) is 12.4 Å². The van der Waals surface area contributed by atoms with Crippen LogP contribution in [0.15, 0.2) is 22.0 Å². The molecule has 0 aliphatic carbocycles. The van der Waals surface area contributed by atoms with E-state index in [1.807, 2.05) is 11.4 Å². The van der Waals surface area contributed by atoms with Crippen LogP contribution in [0.2, 0.25) is 0 Å². The van der Waals surface area contributed by atoms with Crippen molar-refractivity contribution in [2.75, 3.05) is 6.54 Å². The lowest BCUT2D eigenvalue weighted by molar-refractivity contribution is 0.375. The second kappa shape index (κ2) is 5.85. The maximum Gasteiger partial charge on any atom is 0.227 e. The van der Waals surface area contributed by atoms with Crippen LogP contribution >= 0.6 is 23.7 Å².